The third kappa shape index (κ3) is 4.27. The summed E-state index contributed by atoms with van der Waals surface area (Å²) in [5.74, 6) is 1.12. The van der Waals surface area contributed by atoms with Gasteiger partial charge in [0.25, 0.3) is 0 Å². The quantitative estimate of drug-likeness (QED) is 0.866. The molecule has 1 aromatic heterocycles. The molecule has 0 atom stereocenters. The second-order valence-corrected chi connectivity index (χ2v) is 6.95. The van der Waals surface area contributed by atoms with E-state index >= 15 is 0 Å². The second kappa shape index (κ2) is 7.70. The summed E-state index contributed by atoms with van der Waals surface area (Å²) in [5.41, 5.74) is 0. The molecule has 3 rings (SSSR count). The van der Waals surface area contributed by atoms with E-state index in [-0.39, 0.29) is 5.92 Å². The van der Waals surface area contributed by atoms with Gasteiger partial charge in [-0.25, -0.2) is 4.68 Å². The number of amides is 1. The number of hydrogen-bond donors (Lipinski definition) is 1. The molecule has 0 unspecified atom stereocenters. The van der Waals surface area contributed by atoms with Crippen molar-refractivity contribution in [1.82, 2.24) is 25.5 Å². The molecule has 0 aromatic carbocycles. The molecule has 6 heteroatoms. The first-order valence-electron chi connectivity index (χ1n) is 8.82. The average molecular weight is 305 g/mol. The zero-order valence-corrected chi connectivity index (χ0v) is 13.3. The van der Waals surface area contributed by atoms with Crippen LogP contribution in [0.15, 0.2) is 6.33 Å². The van der Waals surface area contributed by atoms with Crippen molar-refractivity contribution in [2.75, 3.05) is 0 Å². The molecule has 2 aliphatic rings. The van der Waals surface area contributed by atoms with Crippen LogP contribution in [0, 0.1) is 11.8 Å². The molecule has 1 amide bonds. The predicted molar refractivity (Wildman–Crippen MR) is 82.9 cm³/mol. The molecule has 122 valence electrons. The molecule has 0 bridgehead atoms. The highest BCUT2D eigenvalue weighted by atomic mass is 16.1. The molecular weight excluding hydrogens is 278 g/mol. The van der Waals surface area contributed by atoms with Crippen molar-refractivity contribution in [3.05, 3.63) is 6.33 Å². The zero-order chi connectivity index (χ0) is 15.2. The van der Waals surface area contributed by atoms with Gasteiger partial charge in [-0.2, -0.15) is 0 Å². The van der Waals surface area contributed by atoms with Gasteiger partial charge in [0.05, 0.1) is 0 Å². The summed E-state index contributed by atoms with van der Waals surface area (Å²) in [7, 11) is 0. The third-order valence-electron chi connectivity index (χ3n) is 5.26. The second-order valence-electron chi connectivity index (χ2n) is 6.95. The molecular formula is C16H27N5O. The highest BCUT2D eigenvalue weighted by Crippen LogP contribution is 2.30. The maximum atomic E-state index is 12.5. The van der Waals surface area contributed by atoms with Gasteiger partial charge in [0.2, 0.25) is 5.91 Å². The summed E-state index contributed by atoms with van der Waals surface area (Å²) in [4.78, 5) is 12.5. The highest BCUT2D eigenvalue weighted by molar-refractivity contribution is 5.79. The topological polar surface area (TPSA) is 72.7 Å². The van der Waals surface area contributed by atoms with Gasteiger partial charge in [0.15, 0.2) is 0 Å². The van der Waals surface area contributed by atoms with E-state index in [9.17, 15) is 4.79 Å². The van der Waals surface area contributed by atoms with Crippen LogP contribution in [-0.2, 0) is 11.3 Å². The fraction of sp³-hybridized carbons (Fsp3) is 0.875. The van der Waals surface area contributed by atoms with E-state index < -0.39 is 0 Å². The van der Waals surface area contributed by atoms with Crippen molar-refractivity contribution in [3.63, 3.8) is 0 Å². The summed E-state index contributed by atoms with van der Waals surface area (Å²) in [6.07, 6.45) is 13.4. The third-order valence-corrected chi connectivity index (χ3v) is 5.26. The molecule has 0 radical (unpaired) electrons. The minimum Gasteiger partial charge on any atom is -0.353 e. The predicted octanol–water partition coefficient (Wildman–Crippen LogP) is 2.32. The summed E-state index contributed by atoms with van der Waals surface area (Å²) in [6.45, 7) is 0.879. The number of rotatable bonds is 4. The Morgan fingerprint density at radius 1 is 1.05 bits per heavy atom. The van der Waals surface area contributed by atoms with Crippen LogP contribution in [0.1, 0.15) is 64.2 Å². The van der Waals surface area contributed by atoms with Crippen LogP contribution in [-0.4, -0.2) is 32.2 Å². The monoisotopic (exact) mass is 305 g/mol. The summed E-state index contributed by atoms with van der Waals surface area (Å²) in [5, 5.41) is 14.6. The van der Waals surface area contributed by atoms with E-state index in [0.29, 0.717) is 17.9 Å². The highest BCUT2D eigenvalue weighted by Gasteiger charge is 2.28. The first kappa shape index (κ1) is 15.4. The van der Waals surface area contributed by atoms with E-state index in [1.165, 1.54) is 38.5 Å². The van der Waals surface area contributed by atoms with Crippen molar-refractivity contribution in [2.24, 2.45) is 11.8 Å². The number of aromatic nitrogens is 4. The summed E-state index contributed by atoms with van der Waals surface area (Å²) >= 11 is 0. The Hall–Kier alpha value is -1.46. The number of nitrogens with zero attached hydrogens (tertiary/aromatic N) is 4. The first-order chi connectivity index (χ1) is 10.8. The van der Waals surface area contributed by atoms with Gasteiger partial charge in [0.1, 0.15) is 6.33 Å². The van der Waals surface area contributed by atoms with Crippen LogP contribution in [0.5, 0.6) is 0 Å². The molecule has 2 fully saturated rings. The number of carbonyl (C=O) groups excluding carboxylic acids is 1. The lowest BCUT2D eigenvalue weighted by atomic mass is 9.81. The van der Waals surface area contributed by atoms with Crippen LogP contribution in [0.3, 0.4) is 0 Å². The number of carbonyl (C=O) groups is 1. The molecule has 22 heavy (non-hydrogen) atoms. The normalized spacial score (nSPS) is 27.3. The van der Waals surface area contributed by atoms with E-state index in [1.807, 2.05) is 0 Å². The van der Waals surface area contributed by atoms with E-state index in [2.05, 4.69) is 20.8 Å². The fourth-order valence-corrected chi connectivity index (χ4v) is 3.88. The smallest absolute Gasteiger partial charge is 0.223 e. The number of nitrogens with one attached hydrogen (secondary N) is 1. The lowest BCUT2D eigenvalue weighted by Gasteiger charge is -2.29. The first-order valence-corrected chi connectivity index (χ1v) is 8.82. The Morgan fingerprint density at radius 2 is 1.77 bits per heavy atom. The lowest BCUT2D eigenvalue weighted by molar-refractivity contribution is -0.127. The molecule has 2 aliphatic carbocycles. The Labute approximate surface area is 132 Å². The standard InChI is InChI=1S/C16H27N5O/c22-16(18-15-5-3-1-2-4-6-15)14-9-7-13(8-10-14)11-21-12-17-19-20-21/h12-15H,1-11H2,(H,18,22). The number of tetrazole rings is 1. The molecule has 0 aliphatic heterocycles. The Bertz CT molecular complexity index is 445. The summed E-state index contributed by atoms with van der Waals surface area (Å²) in [6, 6.07) is 0.425. The SMILES string of the molecule is O=C(NC1CCCCCC1)C1CCC(Cn2cnnn2)CC1. The van der Waals surface area contributed by atoms with Crippen LogP contribution in [0.4, 0.5) is 0 Å². The van der Waals surface area contributed by atoms with Crippen LogP contribution in [0.25, 0.3) is 0 Å². The van der Waals surface area contributed by atoms with E-state index in [1.54, 1.807) is 11.0 Å². The maximum Gasteiger partial charge on any atom is 0.223 e. The molecule has 1 aromatic rings. The van der Waals surface area contributed by atoms with Gasteiger partial charge in [0, 0.05) is 18.5 Å². The molecule has 0 spiro atoms. The van der Waals surface area contributed by atoms with Crippen molar-refractivity contribution in [3.8, 4) is 0 Å². The van der Waals surface area contributed by atoms with Gasteiger partial charge in [-0.05, 0) is 54.9 Å². The molecule has 2 saturated carbocycles. The van der Waals surface area contributed by atoms with Gasteiger partial charge in [-0.15, -0.1) is 5.10 Å². The van der Waals surface area contributed by atoms with Crippen molar-refractivity contribution >= 4 is 5.91 Å². The maximum absolute atomic E-state index is 12.5. The van der Waals surface area contributed by atoms with E-state index in [4.69, 9.17) is 0 Å². The number of hydrogen-bond acceptors (Lipinski definition) is 4. The molecule has 1 N–H and O–H groups in total. The average Bonchev–Trinajstić information content (AvgIpc) is 2.91. The Balaban J connectivity index is 1.41. The minimum absolute atomic E-state index is 0.216. The van der Waals surface area contributed by atoms with Gasteiger partial charge in [-0.3, -0.25) is 4.79 Å². The van der Waals surface area contributed by atoms with Crippen LogP contribution >= 0.6 is 0 Å². The Kier molecular flexibility index (Phi) is 5.40. The van der Waals surface area contributed by atoms with Gasteiger partial charge < -0.3 is 5.32 Å². The molecule has 6 nitrogen and oxygen atoms in total. The van der Waals surface area contributed by atoms with Crippen molar-refractivity contribution < 1.29 is 4.79 Å². The molecule has 0 saturated heterocycles. The van der Waals surface area contributed by atoms with Crippen molar-refractivity contribution in [1.29, 1.82) is 0 Å². The summed E-state index contributed by atoms with van der Waals surface area (Å²) < 4.78 is 1.80. The van der Waals surface area contributed by atoms with Crippen LogP contribution in [0.2, 0.25) is 0 Å². The van der Waals surface area contributed by atoms with Crippen molar-refractivity contribution in [2.45, 2.75) is 76.8 Å². The molecule has 1 heterocycles. The van der Waals surface area contributed by atoms with Crippen LogP contribution < -0.4 is 5.32 Å². The zero-order valence-electron chi connectivity index (χ0n) is 13.3. The van der Waals surface area contributed by atoms with Gasteiger partial charge >= 0.3 is 0 Å². The minimum atomic E-state index is 0.216. The van der Waals surface area contributed by atoms with Gasteiger partial charge in [-0.1, -0.05) is 25.7 Å². The Morgan fingerprint density at radius 3 is 2.41 bits per heavy atom. The lowest BCUT2D eigenvalue weighted by Crippen LogP contribution is -2.40. The fourth-order valence-electron chi connectivity index (χ4n) is 3.88. The largest absolute Gasteiger partial charge is 0.353 e. The van der Waals surface area contributed by atoms with E-state index in [0.717, 1.165) is 32.2 Å².